The Morgan fingerprint density at radius 1 is 1.24 bits per heavy atom. The minimum atomic E-state index is -0.379. The predicted molar refractivity (Wildman–Crippen MR) is 74.3 cm³/mol. The molecule has 0 saturated heterocycles. The molecule has 0 aliphatic rings. The number of halogens is 1. The number of aryl methyl sites for hydroxylation is 1. The van der Waals surface area contributed by atoms with Gasteiger partial charge in [0.25, 0.3) is 5.56 Å². The van der Waals surface area contributed by atoms with Crippen molar-refractivity contribution in [3.8, 4) is 0 Å². The first-order valence-corrected chi connectivity index (χ1v) is 6.19. The van der Waals surface area contributed by atoms with Gasteiger partial charge in [-0.1, -0.05) is 29.8 Å². The number of rotatable bonds is 2. The molecule has 0 spiro atoms. The summed E-state index contributed by atoms with van der Waals surface area (Å²) in [4.78, 5) is 25.1. The molecule has 0 saturated carbocycles. The summed E-state index contributed by atoms with van der Waals surface area (Å²) >= 11 is 1.91. The molecule has 0 amide bonds. The van der Waals surface area contributed by atoms with Crippen LogP contribution in [0.2, 0.25) is 0 Å². The van der Waals surface area contributed by atoms with Gasteiger partial charge >= 0.3 is 5.69 Å². The van der Waals surface area contributed by atoms with Crippen LogP contribution in [0.25, 0.3) is 0 Å². The van der Waals surface area contributed by atoms with Crippen LogP contribution in [0, 0.1) is 10.5 Å². The standard InChI is InChI=1S/C12H11IN2O2/c1-8-2-4-9(5-3-8)6-15-7-10(13)11(16)14-12(15)17/h2-5,7H,6H2,1H3,(H,14,16,17). The normalized spacial score (nSPS) is 10.5. The van der Waals surface area contributed by atoms with Gasteiger partial charge in [0.1, 0.15) is 0 Å². The molecule has 2 aromatic rings. The zero-order valence-corrected chi connectivity index (χ0v) is 11.4. The fraction of sp³-hybridized carbons (Fsp3) is 0.167. The average molecular weight is 342 g/mol. The summed E-state index contributed by atoms with van der Waals surface area (Å²) in [7, 11) is 0. The number of aromatic amines is 1. The highest BCUT2D eigenvalue weighted by molar-refractivity contribution is 14.1. The van der Waals surface area contributed by atoms with E-state index in [-0.39, 0.29) is 11.2 Å². The number of hydrogen-bond donors (Lipinski definition) is 1. The minimum Gasteiger partial charge on any atom is -0.295 e. The second-order valence-corrected chi connectivity index (χ2v) is 5.01. The molecule has 0 aliphatic carbocycles. The van der Waals surface area contributed by atoms with Crippen LogP contribution in [0.15, 0.2) is 40.1 Å². The lowest BCUT2D eigenvalue weighted by Gasteiger charge is -2.05. The number of benzene rings is 1. The molecule has 0 bridgehead atoms. The van der Waals surface area contributed by atoms with Gasteiger partial charge in [-0.05, 0) is 35.1 Å². The van der Waals surface area contributed by atoms with E-state index in [4.69, 9.17) is 0 Å². The molecule has 0 aliphatic heterocycles. The third kappa shape index (κ3) is 2.85. The van der Waals surface area contributed by atoms with Gasteiger partial charge < -0.3 is 0 Å². The maximum absolute atomic E-state index is 11.6. The Kier molecular flexibility index (Phi) is 3.46. The third-order valence-electron chi connectivity index (χ3n) is 2.44. The second kappa shape index (κ2) is 4.87. The van der Waals surface area contributed by atoms with Gasteiger partial charge in [0.05, 0.1) is 10.1 Å². The SMILES string of the molecule is Cc1ccc(Cn2cc(I)c(=O)[nH]c2=O)cc1. The Labute approximate surface area is 111 Å². The second-order valence-electron chi connectivity index (χ2n) is 3.85. The maximum atomic E-state index is 11.6. The van der Waals surface area contributed by atoms with E-state index in [1.807, 2.05) is 53.8 Å². The molecular formula is C12H11IN2O2. The summed E-state index contributed by atoms with van der Waals surface area (Å²) in [5.41, 5.74) is 1.49. The zero-order chi connectivity index (χ0) is 12.4. The minimum absolute atomic E-state index is 0.337. The molecular weight excluding hydrogens is 331 g/mol. The lowest BCUT2D eigenvalue weighted by molar-refractivity contribution is 0.715. The van der Waals surface area contributed by atoms with Crippen molar-refractivity contribution in [2.45, 2.75) is 13.5 Å². The monoisotopic (exact) mass is 342 g/mol. The molecule has 0 radical (unpaired) electrons. The Morgan fingerprint density at radius 2 is 1.88 bits per heavy atom. The number of nitrogens with one attached hydrogen (secondary N) is 1. The van der Waals surface area contributed by atoms with E-state index in [0.29, 0.717) is 10.1 Å². The summed E-state index contributed by atoms with van der Waals surface area (Å²) in [5.74, 6) is 0. The Balaban J connectivity index is 2.36. The Bertz CT molecular complexity index is 641. The van der Waals surface area contributed by atoms with Crippen LogP contribution in [0.5, 0.6) is 0 Å². The van der Waals surface area contributed by atoms with E-state index in [9.17, 15) is 9.59 Å². The first-order chi connectivity index (χ1) is 8.06. The largest absolute Gasteiger partial charge is 0.328 e. The van der Waals surface area contributed by atoms with Crippen molar-refractivity contribution in [1.29, 1.82) is 0 Å². The average Bonchev–Trinajstić information content (AvgIpc) is 2.29. The van der Waals surface area contributed by atoms with Gasteiger partial charge in [0, 0.05) is 6.20 Å². The summed E-state index contributed by atoms with van der Waals surface area (Å²) in [6.07, 6.45) is 1.57. The third-order valence-corrected chi connectivity index (χ3v) is 3.21. The molecule has 0 unspecified atom stereocenters. The summed E-state index contributed by atoms with van der Waals surface area (Å²) in [6, 6.07) is 7.94. The molecule has 88 valence electrons. The van der Waals surface area contributed by atoms with Crippen LogP contribution in [0.1, 0.15) is 11.1 Å². The lowest BCUT2D eigenvalue weighted by atomic mass is 10.1. The molecule has 1 aromatic carbocycles. The summed E-state index contributed by atoms with van der Waals surface area (Å²) < 4.78 is 2.00. The Hall–Kier alpha value is -1.37. The first-order valence-electron chi connectivity index (χ1n) is 5.11. The molecule has 1 heterocycles. The van der Waals surface area contributed by atoms with Crippen molar-refractivity contribution in [3.63, 3.8) is 0 Å². The molecule has 1 N–H and O–H groups in total. The molecule has 5 heteroatoms. The number of aromatic nitrogens is 2. The van der Waals surface area contributed by atoms with Crippen LogP contribution in [0.4, 0.5) is 0 Å². The fourth-order valence-corrected chi connectivity index (χ4v) is 1.96. The number of nitrogens with zero attached hydrogens (tertiary/aromatic N) is 1. The van der Waals surface area contributed by atoms with Gasteiger partial charge in [0.2, 0.25) is 0 Å². The highest BCUT2D eigenvalue weighted by Crippen LogP contribution is 2.04. The van der Waals surface area contributed by atoms with Gasteiger partial charge in [-0.2, -0.15) is 0 Å². The number of H-pyrrole nitrogens is 1. The zero-order valence-electron chi connectivity index (χ0n) is 9.24. The van der Waals surface area contributed by atoms with Crippen LogP contribution < -0.4 is 11.2 Å². The van der Waals surface area contributed by atoms with Gasteiger partial charge in [0.15, 0.2) is 0 Å². The predicted octanol–water partition coefficient (Wildman–Crippen LogP) is 1.50. The van der Waals surface area contributed by atoms with Crippen LogP contribution in [-0.2, 0) is 6.54 Å². The van der Waals surface area contributed by atoms with E-state index in [1.165, 1.54) is 10.1 Å². The molecule has 2 rings (SSSR count). The van der Waals surface area contributed by atoms with Crippen molar-refractivity contribution in [3.05, 3.63) is 66.0 Å². The number of hydrogen-bond acceptors (Lipinski definition) is 2. The van der Waals surface area contributed by atoms with Gasteiger partial charge in [-0.15, -0.1) is 0 Å². The van der Waals surface area contributed by atoms with E-state index in [2.05, 4.69) is 4.98 Å². The van der Waals surface area contributed by atoms with Crippen molar-refractivity contribution < 1.29 is 0 Å². The fourth-order valence-electron chi connectivity index (χ4n) is 1.49. The van der Waals surface area contributed by atoms with Gasteiger partial charge in [-0.25, -0.2) is 4.79 Å². The van der Waals surface area contributed by atoms with Crippen LogP contribution >= 0.6 is 22.6 Å². The molecule has 0 fully saturated rings. The topological polar surface area (TPSA) is 54.9 Å². The highest BCUT2D eigenvalue weighted by atomic mass is 127. The maximum Gasteiger partial charge on any atom is 0.328 e. The van der Waals surface area contributed by atoms with E-state index in [1.54, 1.807) is 6.20 Å². The van der Waals surface area contributed by atoms with E-state index >= 15 is 0 Å². The summed E-state index contributed by atoms with van der Waals surface area (Å²) in [5, 5.41) is 0. The molecule has 0 atom stereocenters. The van der Waals surface area contributed by atoms with Crippen molar-refractivity contribution in [1.82, 2.24) is 9.55 Å². The van der Waals surface area contributed by atoms with Crippen molar-refractivity contribution in [2.75, 3.05) is 0 Å². The Morgan fingerprint density at radius 3 is 2.53 bits per heavy atom. The molecule has 17 heavy (non-hydrogen) atoms. The quantitative estimate of drug-likeness (QED) is 0.841. The van der Waals surface area contributed by atoms with Crippen molar-refractivity contribution >= 4 is 22.6 Å². The van der Waals surface area contributed by atoms with Crippen LogP contribution in [-0.4, -0.2) is 9.55 Å². The first kappa shape index (κ1) is 12.1. The lowest BCUT2D eigenvalue weighted by Crippen LogP contribution is -2.31. The molecule has 4 nitrogen and oxygen atoms in total. The van der Waals surface area contributed by atoms with Gasteiger partial charge in [-0.3, -0.25) is 14.3 Å². The van der Waals surface area contributed by atoms with E-state index in [0.717, 1.165) is 5.56 Å². The molecule has 1 aromatic heterocycles. The van der Waals surface area contributed by atoms with Crippen LogP contribution in [0.3, 0.4) is 0 Å². The van der Waals surface area contributed by atoms with Crippen molar-refractivity contribution in [2.24, 2.45) is 0 Å². The smallest absolute Gasteiger partial charge is 0.295 e. The van der Waals surface area contributed by atoms with E-state index < -0.39 is 0 Å². The highest BCUT2D eigenvalue weighted by Gasteiger charge is 2.02. The summed E-state index contributed by atoms with van der Waals surface area (Å²) in [6.45, 7) is 2.48.